The van der Waals surface area contributed by atoms with Gasteiger partial charge in [-0.2, -0.15) is 0 Å². The Bertz CT molecular complexity index is 497. The van der Waals surface area contributed by atoms with Gasteiger partial charge in [-0.15, -0.1) is 0 Å². The number of nitrogens with two attached hydrogens (primary N) is 1. The van der Waals surface area contributed by atoms with Gasteiger partial charge in [0.15, 0.2) is 11.6 Å². The highest BCUT2D eigenvalue weighted by Crippen LogP contribution is 2.37. The number of hydrogen-bond acceptors (Lipinski definition) is 2. The van der Waals surface area contributed by atoms with Crippen molar-refractivity contribution in [2.75, 3.05) is 6.54 Å². The Kier molecular flexibility index (Phi) is 4.12. The highest BCUT2D eigenvalue weighted by atomic mass is 19.2. The second-order valence-corrected chi connectivity index (χ2v) is 6.40. The Morgan fingerprint density at radius 2 is 1.70 bits per heavy atom. The smallest absolute Gasteiger partial charge is 0.161 e. The lowest BCUT2D eigenvalue weighted by Crippen LogP contribution is -2.53. The van der Waals surface area contributed by atoms with Crippen molar-refractivity contribution < 1.29 is 13.2 Å². The third kappa shape index (κ3) is 2.83. The fourth-order valence-corrected chi connectivity index (χ4v) is 2.94. The number of benzene rings is 1. The van der Waals surface area contributed by atoms with E-state index >= 15 is 0 Å². The van der Waals surface area contributed by atoms with E-state index in [-0.39, 0.29) is 17.1 Å². The van der Waals surface area contributed by atoms with E-state index in [9.17, 15) is 13.2 Å². The predicted molar refractivity (Wildman–Crippen MR) is 72.7 cm³/mol. The Labute approximate surface area is 117 Å². The van der Waals surface area contributed by atoms with Gasteiger partial charge < -0.3 is 5.73 Å². The van der Waals surface area contributed by atoms with Gasteiger partial charge in [0.05, 0.1) is 6.04 Å². The third-order valence-corrected chi connectivity index (χ3v) is 3.90. The molecule has 0 amide bonds. The van der Waals surface area contributed by atoms with Crippen LogP contribution in [-0.2, 0) is 0 Å². The molecule has 1 saturated heterocycles. The number of rotatable bonds is 1. The second kappa shape index (κ2) is 5.37. The lowest BCUT2D eigenvalue weighted by atomic mass is 9.86. The van der Waals surface area contributed by atoms with E-state index < -0.39 is 23.5 Å². The molecule has 0 bridgehead atoms. The van der Waals surface area contributed by atoms with E-state index in [0.29, 0.717) is 6.07 Å². The largest absolute Gasteiger partial charge is 0.326 e. The number of halogens is 3. The normalized spacial score (nSPS) is 24.9. The molecular formula is C15H21F3N2. The van der Waals surface area contributed by atoms with Crippen LogP contribution in [0, 0.1) is 17.5 Å². The van der Waals surface area contributed by atoms with Gasteiger partial charge in [0, 0.05) is 23.2 Å². The zero-order valence-electron chi connectivity index (χ0n) is 12.1. The first-order chi connectivity index (χ1) is 9.21. The van der Waals surface area contributed by atoms with E-state index in [1.807, 2.05) is 20.8 Å². The predicted octanol–water partition coefficient (Wildman–Crippen LogP) is 3.37. The van der Waals surface area contributed by atoms with Crippen molar-refractivity contribution in [2.45, 2.75) is 51.2 Å². The van der Waals surface area contributed by atoms with Crippen LogP contribution in [0.3, 0.4) is 0 Å². The van der Waals surface area contributed by atoms with Gasteiger partial charge in [-0.05, 0) is 46.2 Å². The molecule has 0 aromatic heterocycles. The average Bonchev–Trinajstić information content (AvgIpc) is 2.33. The Hall–Kier alpha value is -1.07. The molecule has 1 fully saturated rings. The van der Waals surface area contributed by atoms with Crippen LogP contribution in [0.4, 0.5) is 13.2 Å². The van der Waals surface area contributed by atoms with E-state index in [2.05, 4.69) is 4.90 Å². The van der Waals surface area contributed by atoms with Crippen LogP contribution in [-0.4, -0.2) is 23.0 Å². The number of nitrogens with zero attached hydrogens (tertiary/aromatic N) is 1. The molecule has 1 aliphatic rings. The number of likely N-dealkylation sites (tertiary alicyclic amines) is 1. The summed E-state index contributed by atoms with van der Waals surface area (Å²) in [5.74, 6) is -2.94. The standard InChI is InChI=1S/C15H21F3N2/c1-15(2,3)20-6-4-5-13(19)14(20)9-7-11(17)12(18)8-10(9)16/h7-8,13-14H,4-6,19H2,1-3H3. The monoisotopic (exact) mass is 286 g/mol. The lowest BCUT2D eigenvalue weighted by Gasteiger charge is -2.47. The van der Waals surface area contributed by atoms with Crippen LogP contribution in [0.25, 0.3) is 0 Å². The van der Waals surface area contributed by atoms with Crippen molar-refractivity contribution >= 4 is 0 Å². The first-order valence-electron chi connectivity index (χ1n) is 6.88. The van der Waals surface area contributed by atoms with Gasteiger partial charge in [-0.25, -0.2) is 13.2 Å². The molecule has 2 unspecified atom stereocenters. The Morgan fingerprint density at radius 3 is 2.30 bits per heavy atom. The first-order valence-corrected chi connectivity index (χ1v) is 6.88. The van der Waals surface area contributed by atoms with Crippen LogP contribution in [0.1, 0.15) is 45.2 Å². The molecule has 1 aliphatic heterocycles. The van der Waals surface area contributed by atoms with E-state index in [4.69, 9.17) is 5.73 Å². The summed E-state index contributed by atoms with van der Waals surface area (Å²) in [5, 5.41) is 0. The molecule has 2 rings (SSSR count). The molecule has 2 nitrogen and oxygen atoms in total. The summed E-state index contributed by atoms with van der Waals surface area (Å²) in [6, 6.07) is 0.827. The summed E-state index contributed by atoms with van der Waals surface area (Å²) in [5.41, 5.74) is 6.05. The van der Waals surface area contributed by atoms with Crippen molar-refractivity contribution in [3.8, 4) is 0 Å². The molecule has 0 saturated carbocycles. The summed E-state index contributed by atoms with van der Waals surface area (Å²) in [7, 11) is 0. The van der Waals surface area contributed by atoms with Crippen LogP contribution in [0.15, 0.2) is 12.1 Å². The van der Waals surface area contributed by atoms with E-state index in [0.717, 1.165) is 25.5 Å². The second-order valence-electron chi connectivity index (χ2n) is 6.40. The van der Waals surface area contributed by atoms with Crippen LogP contribution < -0.4 is 5.73 Å². The van der Waals surface area contributed by atoms with Crippen molar-refractivity contribution in [1.82, 2.24) is 4.90 Å². The van der Waals surface area contributed by atoms with Crippen LogP contribution >= 0.6 is 0 Å². The molecule has 1 aromatic rings. The molecule has 0 spiro atoms. The highest BCUT2D eigenvalue weighted by molar-refractivity contribution is 5.26. The molecular weight excluding hydrogens is 265 g/mol. The molecule has 2 atom stereocenters. The molecule has 0 radical (unpaired) electrons. The molecule has 2 N–H and O–H groups in total. The third-order valence-electron chi connectivity index (χ3n) is 3.90. The maximum atomic E-state index is 14.1. The van der Waals surface area contributed by atoms with Crippen LogP contribution in [0.2, 0.25) is 0 Å². The summed E-state index contributed by atoms with van der Waals surface area (Å²) < 4.78 is 40.6. The molecule has 20 heavy (non-hydrogen) atoms. The zero-order chi connectivity index (χ0) is 15.1. The van der Waals surface area contributed by atoms with Gasteiger partial charge >= 0.3 is 0 Å². The highest BCUT2D eigenvalue weighted by Gasteiger charge is 2.38. The lowest BCUT2D eigenvalue weighted by molar-refractivity contribution is 0.0364. The van der Waals surface area contributed by atoms with Gasteiger partial charge in [0.1, 0.15) is 5.82 Å². The van der Waals surface area contributed by atoms with Crippen molar-refractivity contribution in [2.24, 2.45) is 5.73 Å². The van der Waals surface area contributed by atoms with Crippen molar-refractivity contribution in [3.63, 3.8) is 0 Å². The molecule has 1 aromatic carbocycles. The van der Waals surface area contributed by atoms with Crippen molar-refractivity contribution in [3.05, 3.63) is 35.1 Å². The van der Waals surface area contributed by atoms with Gasteiger partial charge in [-0.3, -0.25) is 4.90 Å². The Balaban J connectivity index is 2.48. The maximum absolute atomic E-state index is 14.1. The topological polar surface area (TPSA) is 29.3 Å². The van der Waals surface area contributed by atoms with Crippen molar-refractivity contribution in [1.29, 1.82) is 0 Å². The summed E-state index contributed by atoms with van der Waals surface area (Å²) in [6.45, 7) is 6.79. The quantitative estimate of drug-likeness (QED) is 0.802. The minimum atomic E-state index is -1.17. The summed E-state index contributed by atoms with van der Waals surface area (Å²) in [4.78, 5) is 2.07. The summed E-state index contributed by atoms with van der Waals surface area (Å²) in [6.07, 6.45) is 1.66. The minimum absolute atomic E-state index is 0.144. The van der Waals surface area contributed by atoms with Gasteiger partial charge in [0.25, 0.3) is 0 Å². The first kappa shape index (κ1) is 15.3. The van der Waals surface area contributed by atoms with Gasteiger partial charge in [-0.1, -0.05) is 0 Å². The fraction of sp³-hybridized carbons (Fsp3) is 0.600. The Morgan fingerprint density at radius 1 is 1.10 bits per heavy atom. The molecule has 5 heteroatoms. The molecule has 1 heterocycles. The average molecular weight is 286 g/mol. The maximum Gasteiger partial charge on any atom is 0.161 e. The molecule has 0 aliphatic carbocycles. The van der Waals surface area contributed by atoms with Gasteiger partial charge in [0.2, 0.25) is 0 Å². The SMILES string of the molecule is CC(C)(C)N1CCCC(N)C1c1cc(F)c(F)cc1F. The number of piperidine rings is 1. The fourth-order valence-electron chi connectivity index (χ4n) is 2.94. The van der Waals surface area contributed by atoms with Crippen LogP contribution in [0.5, 0.6) is 0 Å². The zero-order valence-corrected chi connectivity index (χ0v) is 12.1. The van der Waals surface area contributed by atoms with E-state index in [1.165, 1.54) is 0 Å². The summed E-state index contributed by atoms with van der Waals surface area (Å²) >= 11 is 0. The minimum Gasteiger partial charge on any atom is -0.326 e. The molecule has 112 valence electrons. The van der Waals surface area contributed by atoms with E-state index in [1.54, 1.807) is 0 Å². The number of hydrogen-bond donors (Lipinski definition) is 1.